The number of carbonyl (C=O) groups excluding carboxylic acids is 2. The number of aryl methyl sites for hydroxylation is 2. The lowest BCUT2D eigenvalue weighted by Gasteiger charge is -2.03. The molecule has 2 heterocycles. The van der Waals surface area contributed by atoms with Crippen LogP contribution in [0.2, 0.25) is 0 Å². The van der Waals surface area contributed by atoms with E-state index in [0.29, 0.717) is 12.8 Å². The Kier molecular flexibility index (Phi) is 10.6. The van der Waals surface area contributed by atoms with Crippen LogP contribution in [0.15, 0.2) is 34.5 Å². The molecule has 2 amide bonds. The summed E-state index contributed by atoms with van der Waals surface area (Å²) in [6.45, 7) is 8.04. The predicted molar refractivity (Wildman–Crippen MR) is 131 cm³/mol. The highest BCUT2D eigenvalue weighted by atomic mass is 32.1. The molecule has 0 unspecified atom stereocenters. The largest absolute Gasteiger partial charge is 0.273 e. The Balaban J connectivity index is 1.60. The molecule has 0 radical (unpaired) electrons. The molecule has 0 aliphatic rings. The molecule has 2 rings (SSSR count). The molecule has 31 heavy (non-hydrogen) atoms. The fourth-order valence-corrected chi connectivity index (χ4v) is 4.57. The smallest absolute Gasteiger partial charge is 0.240 e. The normalized spacial score (nSPS) is 12.1. The van der Waals surface area contributed by atoms with Crippen molar-refractivity contribution in [2.75, 3.05) is 0 Å². The van der Waals surface area contributed by atoms with Crippen molar-refractivity contribution in [1.82, 2.24) is 10.9 Å². The highest BCUT2D eigenvalue weighted by molar-refractivity contribution is 7.14. The van der Waals surface area contributed by atoms with Crippen molar-refractivity contribution in [1.29, 1.82) is 0 Å². The Morgan fingerprint density at radius 3 is 1.52 bits per heavy atom. The Bertz CT molecular complexity index is 853. The first-order chi connectivity index (χ1) is 14.9. The maximum atomic E-state index is 12.0. The number of hydrazone groups is 2. The van der Waals surface area contributed by atoms with Gasteiger partial charge in [0.05, 0.1) is 21.2 Å². The van der Waals surface area contributed by atoms with Gasteiger partial charge in [-0.3, -0.25) is 9.59 Å². The van der Waals surface area contributed by atoms with E-state index in [1.807, 2.05) is 26.0 Å². The van der Waals surface area contributed by atoms with Crippen LogP contribution in [0.4, 0.5) is 0 Å². The molecule has 0 aromatic carbocycles. The van der Waals surface area contributed by atoms with Gasteiger partial charge in [-0.05, 0) is 63.8 Å². The van der Waals surface area contributed by atoms with Gasteiger partial charge in [-0.2, -0.15) is 10.2 Å². The van der Waals surface area contributed by atoms with Crippen LogP contribution in [-0.2, 0) is 22.4 Å². The van der Waals surface area contributed by atoms with Crippen molar-refractivity contribution >= 4 is 45.9 Å². The van der Waals surface area contributed by atoms with Gasteiger partial charge in [-0.1, -0.05) is 20.3 Å². The minimum atomic E-state index is -0.0984. The highest BCUT2D eigenvalue weighted by Crippen LogP contribution is 2.18. The van der Waals surface area contributed by atoms with E-state index in [1.54, 1.807) is 22.7 Å². The zero-order chi connectivity index (χ0) is 22.6. The van der Waals surface area contributed by atoms with Crippen molar-refractivity contribution in [2.24, 2.45) is 10.2 Å². The second-order valence-electron chi connectivity index (χ2n) is 7.26. The van der Waals surface area contributed by atoms with E-state index < -0.39 is 0 Å². The van der Waals surface area contributed by atoms with Gasteiger partial charge in [0.2, 0.25) is 11.8 Å². The van der Waals surface area contributed by atoms with E-state index >= 15 is 0 Å². The molecule has 0 bridgehead atoms. The molecule has 0 spiro atoms. The lowest BCUT2D eigenvalue weighted by Crippen LogP contribution is -2.19. The lowest BCUT2D eigenvalue weighted by atomic mass is 10.1. The minimum absolute atomic E-state index is 0.0984. The standard InChI is InChI=1S/C23H32N4O2S2/c1-5-18-12-14-20(30-18)16(3)24-26-22(28)10-8-7-9-11-23(29)27-25-17(4)21-15-13-19(6-2)31-21/h12-15H,5-11H2,1-4H3,(H,26,28)(H,27,29)/b24-16+,25-17+. The third kappa shape index (κ3) is 8.75. The molecular weight excluding hydrogens is 428 g/mol. The summed E-state index contributed by atoms with van der Waals surface area (Å²) in [4.78, 5) is 28.7. The summed E-state index contributed by atoms with van der Waals surface area (Å²) in [6, 6.07) is 8.25. The van der Waals surface area contributed by atoms with Crippen LogP contribution in [0.5, 0.6) is 0 Å². The SMILES string of the molecule is CCc1ccc(/C(C)=N/NC(=O)CCCCCC(=O)N/N=C(\C)c2ccc(CC)s2)s1. The van der Waals surface area contributed by atoms with Gasteiger partial charge in [0.1, 0.15) is 0 Å². The maximum Gasteiger partial charge on any atom is 0.240 e. The van der Waals surface area contributed by atoms with Crippen LogP contribution in [0.3, 0.4) is 0 Å². The van der Waals surface area contributed by atoms with Crippen molar-refractivity contribution in [3.63, 3.8) is 0 Å². The first-order valence-electron chi connectivity index (χ1n) is 10.8. The van der Waals surface area contributed by atoms with Gasteiger partial charge in [0, 0.05) is 22.6 Å². The predicted octanol–water partition coefficient (Wildman–Crippen LogP) is 5.27. The van der Waals surface area contributed by atoms with Crippen LogP contribution in [0.25, 0.3) is 0 Å². The van der Waals surface area contributed by atoms with Crippen LogP contribution in [0.1, 0.15) is 79.3 Å². The summed E-state index contributed by atoms with van der Waals surface area (Å²) >= 11 is 3.40. The molecular formula is C23H32N4O2S2. The number of carbonyl (C=O) groups is 2. The van der Waals surface area contributed by atoms with E-state index in [9.17, 15) is 9.59 Å². The van der Waals surface area contributed by atoms with Gasteiger partial charge >= 0.3 is 0 Å². The molecule has 168 valence electrons. The van der Waals surface area contributed by atoms with Gasteiger partial charge in [-0.25, -0.2) is 10.9 Å². The van der Waals surface area contributed by atoms with Crippen LogP contribution in [0, 0.1) is 0 Å². The van der Waals surface area contributed by atoms with Crippen molar-refractivity contribution in [2.45, 2.75) is 72.6 Å². The summed E-state index contributed by atoms with van der Waals surface area (Å²) in [5, 5.41) is 8.38. The Morgan fingerprint density at radius 1 is 0.742 bits per heavy atom. The summed E-state index contributed by atoms with van der Waals surface area (Å²) in [5.74, 6) is -0.197. The first kappa shape index (κ1) is 24.9. The van der Waals surface area contributed by atoms with E-state index in [0.717, 1.165) is 53.3 Å². The molecule has 0 aliphatic heterocycles. The number of nitrogens with zero attached hydrogens (tertiary/aromatic N) is 2. The molecule has 0 aliphatic carbocycles. The van der Waals surface area contributed by atoms with Crippen LogP contribution < -0.4 is 10.9 Å². The topological polar surface area (TPSA) is 82.9 Å². The fourth-order valence-electron chi connectivity index (χ4n) is 2.79. The first-order valence-corrected chi connectivity index (χ1v) is 12.4. The van der Waals surface area contributed by atoms with E-state index in [4.69, 9.17) is 0 Å². The number of unbranched alkanes of at least 4 members (excludes halogenated alkanes) is 2. The maximum absolute atomic E-state index is 12.0. The molecule has 0 saturated carbocycles. The third-order valence-electron chi connectivity index (χ3n) is 4.74. The number of amides is 2. The Hall–Kier alpha value is -2.32. The average molecular weight is 461 g/mol. The molecule has 0 saturated heterocycles. The van der Waals surface area contributed by atoms with Gasteiger partial charge in [0.15, 0.2) is 0 Å². The molecule has 0 atom stereocenters. The molecule has 2 aromatic rings. The quantitative estimate of drug-likeness (QED) is 0.257. The fraction of sp³-hybridized carbons (Fsp3) is 0.478. The second kappa shape index (κ2) is 13.2. The minimum Gasteiger partial charge on any atom is -0.273 e. The van der Waals surface area contributed by atoms with Gasteiger partial charge < -0.3 is 0 Å². The van der Waals surface area contributed by atoms with Gasteiger partial charge in [0.25, 0.3) is 0 Å². The number of thiophene rings is 2. The molecule has 6 nitrogen and oxygen atoms in total. The van der Waals surface area contributed by atoms with E-state index in [2.05, 4.69) is 47.0 Å². The Labute approximate surface area is 192 Å². The number of hydrogen-bond donors (Lipinski definition) is 2. The summed E-state index contributed by atoms with van der Waals surface area (Å²) in [7, 11) is 0. The number of rotatable bonds is 12. The van der Waals surface area contributed by atoms with Crippen molar-refractivity contribution < 1.29 is 9.59 Å². The van der Waals surface area contributed by atoms with E-state index in [-0.39, 0.29) is 11.8 Å². The summed E-state index contributed by atoms with van der Waals surface area (Å²) in [6.07, 6.45) is 5.07. The van der Waals surface area contributed by atoms with Crippen molar-refractivity contribution in [3.05, 3.63) is 43.8 Å². The average Bonchev–Trinajstić information content (AvgIpc) is 3.45. The monoisotopic (exact) mass is 460 g/mol. The number of nitrogens with one attached hydrogen (secondary N) is 2. The van der Waals surface area contributed by atoms with Crippen LogP contribution in [-0.4, -0.2) is 23.2 Å². The lowest BCUT2D eigenvalue weighted by molar-refractivity contribution is -0.121. The molecule has 2 aromatic heterocycles. The second-order valence-corrected chi connectivity index (χ2v) is 9.60. The van der Waals surface area contributed by atoms with Gasteiger partial charge in [-0.15, -0.1) is 22.7 Å². The zero-order valence-corrected chi connectivity index (χ0v) is 20.4. The summed E-state index contributed by atoms with van der Waals surface area (Å²) in [5.41, 5.74) is 6.88. The summed E-state index contributed by atoms with van der Waals surface area (Å²) < 4.78 is 0. The molecule has 0 fully saturated rings. The van der Waals surface area contributed by atoms with Crippen molar-refractivity contribution in [3.8, 4) is 0 Å². The Morgan fingerprint density at radius 2 is 1.16 bits per heavy atom. The third-order valence-corrected chi connectivity index (χ3v) is 7.41. The van der Waals surface area contributed by atoms with E-state index in [1.165, 1.54) is 9.75 Å². The zero-order valence-electron chi connectivity index (χ0n) is 18.8. The molecule has 2 N–H and O–H groups in total. The highest BCUT2D eigenvalue weighted by Gasteiger charge is 2.06. The van der Waals surface area contributed by atoms with Crippen LogP contribution >= 0.6 is 22.7 Å². The number of hydrogen-bond acceptors (Lipinski definition) is 6. The molecule has 8 heteroatoms.